The maximum absolute atomic E-state index is 14.9. The fourth-order valence-electron chi connectivity index (χ4n) is 11.6. The maximum Gasteiger partial charge on any atom is 0.312 e. The molecule has 4 heterocycles. The Bertz CT molecular complexity index is 2290. The van der Waals surface area contributed by atoms with Crippen molar-refractivity contribution in [3.63, 3.8) is 0 Å². The number of ether oxygens (including phenoxy) is 9. The van der Waals surface area contributed by atoms with Gasteiger partial charge in [-0.05, 0) is 54.0 Å². The second-order valence-electron chi connectivity index (χ2n) is 20.1. The zero-order chi connectivity index (χ0) is 51.1. The number of hydrogen-bond acceptors (Lipinski definition) is 20. The summed E-state index contributed by atoms with van der Waals surface area (Å²) in [6.07, 6.45) is -16.3. The molecule has 0 unspecified atom stereocenters. The molecule has 4 aliphatic heterocycles. The van der Waals surface area contributed by atoms with Gasteiger partial charge in [0.05, 0.1) is 59.9 Å². The van der Waals surface area contributed by atoms with Crippen LogP contribution in [-0.2, 0) is 47.4 Å². The average Bonchev–Trinajstić information content (AvgIpc) is 3.26. The Morgan fingerprint density at radius 2 is 1.47 bits per heavy atom. The summed E-state index contributed by atoms with van der Waals surface area (Å²) < 4.78 is 54.0. The monoisotopic (exact) mass is 990 g/mol. The minimum atomic E-state index is -2.90. The number of aromatic hydroxyl groups is 1. The van der Waals surface area contributed by atoms with Gasteiger partial charge in [-0.25, -0.2) is 4.79 Å². The number of amides is 2. The van der Waals surface area contributed by atoms with Crippen molar-refractivity contribution in [1.29, 1.82) is 0 Å². The van der Waals surface area contributed by atoms with E-state index in [2.05, 4.69) is 5.32 Å². The number of phenols is 1. The van der Waals surface area contributed by atoms with E-state index < -0.39 is 173 Å². The number of phenolic OH excluding ortho intramolecular Hbond substituents is 1. The number of fused-ring (bicyclic) bond motifs is 3. The van der Waals surface area contributed by atoms with Gasteiger partial charge in [-0.15, -0.1) is 0 Å². The number of methoxy groups -OCH3 is 1. The molecule has 20 atom stereocenters. The standard InChI is InChI=1S/C48H66N2O20/c1-18-13-30(69-32-15-28(62-8)37(52)21(4)65-32)48(61)36-35(42(57)44(67-23(6)51)47(48,60)16-18)41(56)34-25(40(36)55)10-9-24(39(34)54)27-14-29(38(53)20(3)63-27)68-33-17-46(7,59)43(22(5)66-33)70-31-12-11-26(19(2)64-31)50-45(49)58/h9-10,13,19-22,26-33,37-38,42-44,52-54,57,59-61H,11-12,14-17H2,1-8H3,(H3,49,50,58)/t19-,20-,21+,22-,26+,27-,28-,29-,30+,31+,32+,33+,37-,38-,42+,43-,44+,46+,47+,48-/m1/s1. The Morgan fingerprint density at radius 1 is 0.814 bits per heavy atom. The lowest BCUT2D eigenvalue weighted by atomic mass is 9.55. The summed E-state index contributed by atoms with van der Waals surface area (Å²) in [5, 5.41) is 86.1. The number of benzene rings is 1. The van der Waals surface area contributed by atoms with E-state index >= 15 is 0 Å². The number of rotatable bonds is 10. The maximum atomic E-state index is 14.9. The van der Waals surface area contributed by atoms with Gasteiger partial charge in [0, 0.05) is 68.4 Å². The first kappa shape index (κ1) is 52.3. The SMILES string of the molecule is CO[C@@H]1C[C@H](O[C@H]2C=C(C)C[C@]3(O)[C@@H](OC(C)=O)[C@@H](O)C4=C(C(=O)c5ccc([C@H]6C[C@@H](O[C@H]7C[C@](C)(O)[C@H](O[C@H]8CC[C@H](NC(N)=O)[C@@H](C)O8)[C@@H](C)O7)[C@H](O)[C@@H](C)O6)c(O)c5C4=O)[C@]23O)O[C@@H](C)[C@H]1O. The van der Waals surface area contributed by atoms with Crippen molar-refractivity contribution in [2.45, 2.75) is 208 Å². The minimum absolute atomic E-state index is 0.00222. The number of aliphatic hydroxyl groups excluding tert-OH is 3. The van der Waals surface area contributed by atoms with E-state index in [9.17, 15) is 54.9 Å². The molecule has 8 rings (SSSR count). The van der Waals surface area contributed by atoms with Crippen molar-refractivity contribution < 1.29 is 97.6 Å². The van der Waals surface area contributed by atoms with Crippen molar-refractivity contribution in [3.05, 3.63) is 51.6 Å². The van der Waals surface area contributed by atoms with Crippen LogP contribution >= 0.6 is 0 Å². The van der Waals surface area contributed by atoms with E-state index in [0.29, 0.717) is 18.4 Å². The molecule has 22 heteroatoms. The molecule has 0 saturated carbocycles. The summed E-state index contributed by atoms with van der Waals surface area (Å²) in [6, 6.07) is 1.60. The van der Waals surface area contributed by atoms with Crippen LogP contribution in [0.3, 0.4) is 0 Å². The highest BCUT2D eigenvalue weighted by Gasteiger charge is 2.71. The molecule has 388 valence electrons. The smallest absolute Gasteiger partial charge is 0.312 e. The van der Waals surface area contributed by atoms with Crippen LogP contribution in [0, 0.1) is 0 Å². The van der Waals surface area contributed by atoms with Crippen LogP contribution in [0.5, 0.6) is 5.75 Å². The zero-order valence-corrected chi connectivity index (χ0v) is 40.3. The van der Waals surface area contributed by atoms with E-state index in [-0.39, 0.29) is 30.9 Å². The fraction of sp³-hybridized carbons (Fsp3) is 0.708. The Kier molecular flexibility index (Phi) is 14.6. The highest BCUT2D eigenvalue weighted by molar-refractivity contribution is 6.29. The number of carbonyl (C=O) groups is 4. The molecule has 2 amide bonds. The summed E-state index contributed by atoms with van der Waals surface area (Å²) >= 11 is 0. The van der Waals surface area contributed by atoms with Gasteiger partial charge < -0.3 is 89.4 Å². The summed E-state index contributed by atoms with van der Waals surface area (Å²) in [4.78, 5) is 53.9. The first-order valence-corrected chi connectivity index (χ1v) is 23.7. The van der Waals surface area contributed by atoms with Gasteiger partial charge in [0.15, 0.2) is 42.1 Å². The molecule has 0 aromatic heterocycles. The van der Waals surface area contributed by atoms with Crippen molar-refractivity contribution >= 4 is 23.6 Å². The highest BCUT2D eigenvalue weighted by Crippen LogP contribution is 2.56. The van der Waals surface area contributed by atoms with Gasteiger partial charge in [-0.3, -0.25) is 14.4 Å². The Balaban J connectivity index is 1.06. The molecule has 4 fully saturated rings. The molecule has 7 aliphatic rings. The third-order valence-electron chi connectivity index (χ3n) is 15.1. The number of nitrogens with one attached hydrogen (secondary N) is 1. The normalized spacial score (nSPS) is 44.1. The largest absolute Gasteiger partial charge is 0.507 e. The number of carbonyl (C=O) groups excluding carboxylic acids is 4. The second-order valence-corrected chi connectivity index (χ2v) is 20.1. The molecule has 1 aromatic rings. The van der Waals surface area contributed by atoms with Crippen LogP contribution in [0.1, 0.15) is 119 Å². The molecule has 70 heavy (non-hydrogen) atoms. The van der Waals surface area contributed by atoms with Crippen LogP contribution in [0.15, 0.2) is 34.9 Å². The van der Waals surface area contributed by atoms with Gasteiger partial charge in [0.2, 0.25) is 0 Å². The number of primary amides is 1. The molecule has 0 radical (unpaired) electrons. The topological polar surface area (TPSA) is 331 Å². The van der Waals surface area contributed by atoms with Crippen LogP contribution < -0.4 is 11.1 Å². The Morgan fingerprint density at radius 3 is 2.11 bits per heavy atom. The van der Waals surface area contributed by atoms with Gasteiger partial charge in [0.1, 0.15) is 41.9 Å². The summed E-state index contributed by atoms with van der Waals surface area (Å²) in [5.74, 6) is -3.91. The molecule has 1 aromatic carbocycles. The quantitative estimate of drug-likeness (QED) is 0.114. The third-order valence-corrected chi connectivity index (χ3v) is 15.1. The van der Waals surface area contributed by atoms with Crippen molar-refractivity contribution in [3.8, 4) is 5.75 Å². The van der Waals surface area contributed by atoms with Gasteiger partial charge >= 0.3 is 12.0 Å². The number of ketones is 2. The van der Waals surface area contributed by atoms with E-state index in [4.69, 9.17) is 48.4 Å². The fourth-order valence-corrected chi connectivity index (χ4v) is 11.6. The van der Waals surface area contributed by atoms with Gasteiger partial charge in [-0.1, -0.05) is 17.7 Å². The van der Waals surface area contributed by atoms with Crippen molar-refractivity contribution in [2.24, 2.45) is 5.73 Å². The molecule has 3 aliphatic carbocycles. The van der Waals surface area contributed by atoms with Gasteiger partial charge in [0.25, 0.3) is 0 Å². The van der Waals surface area contributed by atoms with E-state index in [1.54, 1.807) is 41.5 Å². The van der Waals surface area contributed by atoms with Crippen molar-refractivity contribution in [2.75, 3.05) is 7.11 Å². The predicted molar refractivity (Wildman–Crippen MR) is 238 cm³/mol. The van der Waals surface area contributed by atoms with E-state index in [0.717, 1.165) is 6.92 Å². The summed E-state index contributed by atoms with van der Waals surface area (Å²) in [5.41, 5.74) is -3.88. The van der Waals surface area contributed by atoms with Crippen LogP contribution in [0.2, 0.25) is 0 Å². The number of hydrogen-bond donors (Lipinski definition) is 9. The van der Waals surface area contributed by atoms with E-state index in [1.165, 1.54) is 25.3 Å². The molecule has 0 bridgehead atoms. The number of aliphatic hydroxyl groups is 6. The van der Waals surface area contributed by atoms with Crippen LogP contribution in [0.25, 0.3) is 0 Å². The van der Waals surface area contributed by atoms with Crippen LogP contribution in [-0.4, -0.2) is 181 Å². The number of urea groups is 1. The summed E-state index contributed by atoms with van der Waals surface area (Å²) in [6.45, 7) is 10.8. The predicted octanol–water partition coefficient (Wildman–Crippen LogP) is 0.511. The lowest BCUT2D eigenvalue weighted by Crippen LogP contribution is -2.76. The highest BCUT2D eigenvalue weighted by atomic mass is 16.7. The lowest BCUT2D eigenvalue weighted by molar-refractivity contribution is -0.333. The minimum Gasteiger partial charge on any atom is -0.507 e. The average molecular weight is 991 g/mol. The first-order valence-electron chi connectivity index (χ1n) is 23.7. The summed E-state index contributed by atoms with van der Waals surface area (Å²) in [7, 11) is 1.38. The zero-order valence-electron chi connectivity index (χ0n) is 40.3. The second kappa shape index (κ2) is 19.5. The van der Waals surface area contributed by atoms with Crippen molar-refractivity contribution in [1.82, 2.24) is 5.32 Å². The van der Waals surface area contributed by atoms with E-state index in [1.807, 2.05) is 0 Å². The molecule has 10 N–H and O–H groups in total. The lowest BCUT2D eigenvalue weighted by Gasteiger charge is -2.58. The third kappa shape index (κ3) is 9.11. The molecular weight excluding hydrogens is 925 g/mol. The number of Topliss-reactive ketones (excluding diaryl/α,β-unsaturated/α-hetero) is 2. The number of nitrogens with two attached hydrogens (primary N) is 1. The first-order chi connectivity index (χ1) is 32.8. The Labute approximate surface area is 403 Å². The molecule has 4 saturated heterocycles. The molecule has 0 spiro atoms. The van der Waals surface area contributed by atoms with Crippen LogP contribution in [0.4, 0.5) is 4.79 Å². The Hall–Kier alpha value is -3.98. The molecular formula is C48H66N2O20. The molecule has 22 nitrogen and oxygen atoms in total. The number of esters is 1. The van der Waals surface area contributed by atoms with Gasteiger partial charge in [-0.2, -0.15) is 0 Å².